The van der Waals surface area contributed by atoms with E-state index in [9.17, 15) is 9.59 Å². The summed E-state index contributed by atoms with van der Waals surface area (Å²) in [7, 11) is 0. The van der Waals surface area contributed by atoms with Gasteiger partial charge in [0.1, 0.15) is 9.88 Å². The SMILES string of the molecule is CCN(CC)C(=O)c1ccc(NC(=O)c2sc(-c3ccsc3)nc2C)cc1Cl. The summed E-state index contributed by atoms with van der Waals surface area (Å²) in [4.78, 5) is 31.9. The molecule has 5 nitrogen and oxygen atoms in total. The van der Waals surface area contributed by atoms with Gasteiger partial charge in [-0.3, -0.25) is 9.59 Å². The minimum Gasteiger partial charge on any atom is -0.339 e. The van der Waals surface area contributed by atoms with Crippen molar-refractivity contribution in [1.82, 2.24) is 9.88 Å². The fraction of sp³-hybridized carbons (Fsp3) is 0.250. The van der Waals surface area contributed by atoms with Crippen molar-refractivity contribution in [3.8, 4) is 10.6 Å². The zero-order valence-corrected chi connectivity index (χ0v) is 18.2. The number of benzene rings is 1. The van der Waals surface area contributed by atoms with Crippen molar-refractivity contribution in [1.29, 1.82) is 0 Å². The number of rotatable bonds is 6. The van der Waals surface area contributed by atoms with E-state index in [4.69, 9.17) is 11.6 Å². The monoisotopic (exact) mass is 433 g/mol. The molecule has 0 bridgehead atoms. The van der Waals surface area contributed by atoms with E-state index >= 15 is 0 Å². The van der Waals surface area contributed by atoms with Gasteiger partial charge in [-0.15, -0.1) is 11.3 Å². The largest absolute Gasteiger partial charge is 0.339 e. The summed E-state index contributed by atoms with van der Waals surface area (Å²) in [5.74, 6) is -0.359. The third-order valence-corrected chi connectivity index (χ3v) is 6.48. The minimum atomic E-state index is -0.240. The summed E-state index contributed by atoms with van der Waals surface area (Å²) in [5.41, 5.74) is 2.66. The number of carbonyl (C=O) groups is 2. The number of anilines is 1. The van der Waals surface area contributed by atoms with Crippen LogP contribution >= 0.6 is 34.3 Å². The van der Waals surface area contributed by atoms with Gasteiger partial charge in [0.25, 0.3) is 11.8 Å². The summed E-state index contributed by atoms with van der Waals surface area (Å²) >= 11 is 9.26. The van der Waals surface area contributed by atoms with Crippen molar-refractivity contribution >= 4 is 51.8 Å². The molecule has 0 saturated carbocycles. The van der Waals surface area contributed by atoms with Crippen molar-refractivity contribution in [3.05, 3.63) is 56.2 Å². The third kappa shape index (κ3) is 4.27. The molecular weight excluding hydrogens is 414 g/mol. The Hall–Kier alpha value is -2.22. The summed E-state index contributed by atoms with van der Waals surface area (Å²) in [6, 6.07) is 6.92. The molecule has 2 heterocycles. The van der Waals surface area contributed by atoms with Gasteiger partial charge in [-0.05, 0) is 50.4 Å². The average Bonchev–Trinajstić information content (AvgIpc) is 3.32. The first-order valence-electron chi connectivity index (χ1n) is 8.84. The van der Waals surface area contributed by atoms with Crippen molar-refractivity contribution in [3.63, 3.8) is 0 Å². The molecule has 0 saturated heterocycles. The van der Waals surface area contributed by atoms with E-state index in [-0.39, 0.29) is 11.8 Å². The summed E-state index contributed by atoms with van der Waals surface area (Å²) < 4.78 is 0. The van der Waals surface area contributed by atoms with Crippen LogP contribution in [0.5, 0.6) is 0 Å². The van der Waals surface area contributed by atoms with Crippen molar-refractivity contribution < 1.29 is 9.59 Å². The lowest BCUT2D eigenvalue weighted by Gasteiger charge is -2.19. The zero-order chi connectivity index (χ0) is 20.3. The number of aromatic nitrogens is 1. The van der Waals surface area contributed by atoms with Crippen LogP contribution in [0.15, 0.2) is 35.0 Å². The van der Waals surface area contributed by atoms with Crippen LogP contribution in [0.25, 0.3) is 10.6 Å². The van der Waals surface area contributed by atoms with Gasteiger partial charge in [0, 0.05) is 29.7 Å². The minimum absolute atomic E-state index is 0.119. The first-order valence-corrected chi connectivity index (χ1v) is 11.0. The standard InChI is InChI=1S/C20H20ClN3O2S2/c1-4-24(5-2)20(26)15-7-6-14(10-16(15)21)23-18(25)17-12(3)22-19(28-17)13-8-9-27-11-13/h6-11H,4-5H2,1-3H3,(H,23,25). The molecule has 3 aromatic rings. The lowest BCUT2D eigenvalue weighted by Crippen LogP contribution is -2.30. The van der Waals surface area contributed by atoms with Crippen LogP contribution in [0.3, 0.4) is 0 Å². The van der Waals surface area contributed by atoms with E-state index in [0.29, 0.717) is 39.9 Å². The number of thiophene rings is 1. The molecular formula is C20H20ClN3O2S2. The molecule has 0 spiro atoms. The van der Waals surface area contributed by atoms with Crippen LogP contribution in [0.1, 0.15) is 39.6 Å². The number of hydrogen-bond acceptors (Lipinski definition) is 5. The highest BCUT2D eigenvalue weighted by Gasteiger charge is 2.19. The Balaban J connectivity index is 1.78. The third-order valence-electron chi connectivity index (χ3n) is 4.28. The smallest absolute Gasteiger partial charge is 0.267 e. The first-order chi connectivity index (χ1) is 13.4. The fourth-order valence-electron chi connectivity index (χ4n) is 2.75. The zero-order valence-electron chi connectivity index (χ0n) is 15.8. The number of aryl methyl sites for hydroxylation is 1. The number of nitrogens with one attached hydrogen (secondary N) is 1. The molecule has 3 rings (SSSR count). The number of thiazole rings is 1. The molecule has 0 aliphatic rings. The Morgan fingerprint density at radius 2 is 1.96 bits per heavy atom. The fourth-order valence-corrected chi connectivity index (χ4v) is 4.69. The number of nitrogens with zero attached hydrogens (tertiary/aromatic N) is 2. The van der Waals surface area contributed by atoms with Gasteiger partial charge in [-0.1, -0.05) is 11.6 Å². The first kappa shape index (κ1) is 20.5. The molecule has 0 radical (unpaired) electrons. The summed E-state index contributed by atoms with van der Waals surface area (Å²) in [6.45, 7) is 6.89. The molecule has 2 aromatic heterocycles. The van der Waals surface area contributed by atoms with Crippen LogP contribution in [-0.2, 0) is 0 Å². The number of halogens is 1. The van der Waals surface area contributed by atoms with Gasteiger partial charge in [-0.2, -0.15) is 11.3 Å². The second-order valence-corrected chi connectivity index (χ2v) is 8.26. The maximum atomic E-state index is 12.7. The van der Waals surface area contributed by atoms with Gasteiger partial charge in [0.05, 0.1) is 16.3 Å². The Labute approximate surface area is 177 Å². The molecule has 1 aromatic carbocycles. The molecule has 28 heavy (non-hydrogen) atoms. The second kappa shape index (κ2) is 8.86. The molecule has 0 fully saturated rings. The maximum Gasteiger partial charge on any atom is 0.267 e. The Morgan fingerprint density at radius 3 is 2.57 bits per heavy atom. The summed E-state index contributed by atoms with van der Waals surface area (Å²) in [6.07, 6.45) is 0. The molecule has 0 aliphatic heterocycles. The normalized spacial score (nSPS) is 10.7. The van der Waals surface area contributed by atoms with Crippen LogP contribution in [-0.4, -0.2) is 34.8 Å². The van der Waals surface area contributed by atoms with Crippen LogP contribution in [0.4, 0.5) is 5.69 Å². The van der Waals surface area contributed by atoms with Gasteiger partial charge in [0.2, 0.25) is 0 Å². The maximum absolute atomic E-state index is 12.7. The Kier molecular flexibility index (Phi) is 6.49. The molecule has 0 atom stereocenters. The van der Waals surface area contributed by atoms with Crippen molar-refractivity contribution in [2.45, 2.75) is 20.8 Å². The molecule has 1 N–H and O–H groups in total. The molecule has 0 unspecified atom stereocenters. The molecule has 8 heteroatoms. The predicted molar refractivity (Wildman–Crippen MR) is 117 cm³/mol. The quantitative estimate of drug-likeness (QED) is 0.552. The molecule has 2 amide bonds. The average molecular weight is 434 g/mol. The lowest BCUT2D eigenvalue weighted by molar-refractivity contribution is 0.0773. The summed E-state index contributed by atoms with van der Waals surface area (Å²) in [5, 5.41) is 7.97. The van der Waals surface area contributed by atoms with Crippen LogP contribution in [0, 0.1) is 6.92 Å². The topological polar surface area (TPSA) is 62.3 Å². The highest BCUT2D eigenvalue weighted by Crippen LogP contribution is 2.30. The van der Waals surface area contributed by atoms with E-state index in [2.05, 4.69) is 10.3 Å². The van der Waals surface area contributed by atoms with E-state index in [0.717, 1.165) is 10.6 Å². The van der Waals surface area contributed by atoms with Crippen LogP contribution in [0.2, 0.25) is 5.02 Å². The van der Waals surface area contributed by atoms with Crippen molar-refractivity contribution in [2.75, 3.05) is 18.4 Å². The number of hydrogen-bond donors (Lipinski definition) is 1. The van der Waals surface area contributed by atoms with E-state index < -0.39 is 0 Å². The van der Waals surface area contributed by atoms with Crippen molar-refractivity contribution in [2.24, 2.45) is 0 Å². The Bertz CT molecular complexity index is 995. The van der Waals surface area contributed by atoms with Gasteiger partial charge < -0.3 is 10.2 Å². The van der Waals surface area contributed by atoms with E-state index in [1.54, 1.807) is 34.4 Å². The Morgan fingerprint density at radius 1 is 1.21 bits per heavy atom. The van der Waals surface area contributed by atoms with E-state index in [1.807, 2.05) is 37.6 Å². The number of amides is 2. The molecule has 146 valence electrons. The lowest BCUT2D eigenvalue weighted by atomic mass is 10.1. The highest BCUT2D eigenvalue weighted by molar-refractivity contribution is 7.17. The van der Waals surface area contributed by atoms with E-state index in [1.165, 1.54) is 11.3 Å². The number of carbonyl (C=O) groups excluding carboxylic acids is 2. The predicted octanol–water partition coefficient (Wildman–Crippen LogP) is 5.57. The van der Waals surface area contributed by atoms with Gasteiger partial charge >= 0.3 is 0 Å². The van der Waals surface area contributed by atoms with Crippen LogP contribution < -0.4 is 5.32 Å². The van der Waals surface area contributed by atoms with Gasteiger partial charge in [0.15, 0.2) is 0 Å². The van der Waals surface area contributed by atoms with Gasteiger partial charge in [-0.25, -0.2) is 4.98 Å². The molecule has 0 aliphatic carbocycles. The second-order valence-electron chi connectivity index (χ2n) is 6.07. The highest BCUT2D eigenvalue weighted by atomic mass is 35.5.